The number of Topliss-reactive ketones (excluding diaryl/α,β-unsaturated/α-hetero) is 2. The molecular weight excluding hydrogens is 446 g/mol. The summed E-state index contributed by atoms with van der Waals surface area (Å²) in [7, 11) is 2.06. The van der Waals surface area contributed by atoms with E-state index in [1.165, 1.54) is 6.92 Å². The zero-order valence-corrected chi connectivity index (χ0v) is 21.5. The summed E-state index contributed by atoms with van der Waals surface area (Å²) in [5, 5.41) is 0. The molecule has 7 fully saturated rings. The number of ether oxygens (including phenoxy) is 2. The second kappa shape index (κ2) is 7.05. The van der Waals surface area contributed by atoms with Crippen LogP contribution in [0, 0.1) is 45.8 Å². The van der Waals surface area contributed by atoms with Gasteiger partial charge in [-0.3, -0.25) is 19.2 Å². The van der Waals surface area contributed by atoms with E-state index in [4.69, 9.17) is 9.47 Å². The number of nitrogens with zero attached hydrogens (tertiary/aromatic N) is 1. The highest BCUT2D eigenvalue weighted by Gasteiger charge is 2.85. The molecule has 11 atom stereocenters. The number of fused-ring (bicyclic) bond motifs is 1. The zero-order chi connectivity index (χ0) is 25.2. The van der Waals surface area contributed by atoms with Gasteiger partial charge in [0.05, 0.1) is 5.92 Å². The third-order valence-electron chi connectivity index (χ3n) is 11.2. The van der Waals surface area contributed by atoms with Crippen LogP contribution in [0.1, 0.15) is 59.8 Å². The van der Waals surface area contributed by atoms with Gasteiger partial charge in [-0.05, 0) is 44.1 Å². The fraction of sp³-hybridized carbons (Fsp3) is 0.786. The summed E-state index contributed by atoms with van der Waals surface area (Å²) in [6.07, 6.45) is 1.66. The molecule has 0 aromatic carbocycles. The average Bonchev–Trinajstić information content (AvgIpc) is 2.86. The molecule has 190 valence electrons. The zero-order valence-electron chi connectivity index (χ0n) is 21.5. The number of hydrogen-bond acceptors (Lipinski definition) is 7. The van der Waals surface area contributed by atoms with E-state index in [1.807, 2.05) is 20.8 Å². The topological polar surface area (TPSA) is 90.0 Å². The van der Waals surface area contributed by atoms with Crippen molar-refractivity contribution >= 4 is 23.5 Å². The maximum atomic E-state index is 14.2. The van der Waals surface area contributed by atoms with E-state index >= 15 is 0 Å². The Kier molecular flexibility index (Phi) is 4.71. The fourth-order valence-corrected chi connectivity index (χ4v) is 10.4. The summed E-state index contributed by atoms with van der Waals surface area (Å²) < 4.78 is 12.1. The first-order valence-electron chi connectivity index (χ1n) is 13.2. The molecule has 6 aliphatic carbocycles. The van der Waals surface area contributed by atoms with Crippen molar-refractivity contribution in [3.63, 3.8) is 0 Å². The molecule has 1 heterocycles. The van der Waals surface area contributed by atoms with E-state index in [2.05, 4.69) is 18.5 Å². The number of carbonyl (C=O) groups is 4. The van der Waals surface area contributed by atoms with Crippen LogP contribution in [0.3, 0.4) is 0 Å². The van der Waals surface area contributed by atoms with Crippen LogP contribution >= 0.6 is 0 Å². The van der Waals surface area contributed by atoms with Crippen molar-refractivity contribution in [2.24, 2.45) is 45.8 Å². The van der Waals surface area contributed by atoms with E-state index in [9.17, 15) is 19.2 Å². The lowest BCUT2D eigenvalue weighted by atomic mass is 9.39. The highest BCUT2D eigenvalue weighted by Crippen LogP contribution is 2.81. The second-order valence-corrected chi connectivity index (χ2v) is 12.9. The van der Waals surface area contributed by atoms with Crippen molar-refractivity contribution in [2.75, 3.05) is 13.6 Å². The van der Waals surface area contributed by atoms with Gasteiger partial charge in [-0.25, -0.2) is 0 Å². The molecule has 0 radical (unpaired) electrons. The molecule has 0 aromatic rings. The van der Waals surface area contributed by atoms with Crippen LogP contribution in [0.15, 0.2) is 12.2 Å². The molecule has 0 unspecified atom stereocenters. The highest BCUT2D eigenvalue weighted by atomic mass is 16.6. The van der Waals surface area contributed by atoms with Gasteiger partial charge in [0.15, 0.2) is 0 Å². The fourth-order valence-electron chi connectivity index (χ4n) is 10.4. The van der Waals surface area contributed by atoms with Gasteiger partial charge in [-0.15, -0.1) is 0 Å². The van der Waals surface area contributed by atoms with Gasteiger partial charge in [-0.1, -0.05) is 32.9 Å². The number of carbonyl (C=O) groups excluding carboxylic acids is 4. The number of allylic oxidation sites excluding steroid dienone is 1. The molecule has 7 nitrogen and oxygen atoms in total. The van der Waals surface area contributed by atoms with E-state index < -0.39 is 29.0 Å². The van der Waals surface area contributed by atoms with Gasteiger partial charge < -0.3 is 14.4 Å². The van der Waals surface area contributed by atoms with Gasteiger partial charge in [0, 0.05) is 54.5 Å². The predicted molar refractivity (Wildman–Crippen MR) is 126 cm³/mol. The highest BCUT2D eigenvalue weighted by molar-refractivity contribution is 5.96. The standard InChI is InChI=1S/C28H37NO6/c1-7-13(2)25(33)35-24-18(34-15(4)30)11-28-19-8-16-14(3)9-27(19)10-17(31)22(28)26(24,5)12-29(6)23(28)20(27)21(16)32/h13,16,18-20,22-24H,3,7-12H2,1-2,4-6H3/t13-,16+,18+,19-,20-,22+,23+,24-,26-,27-,28+/m1/s1. The number of piperidine rings is 1. The van der Waals surface area contributed by atoms with Crippen molar-refractivity contribution in [3.8, 4) is 0 Å². The van der Waals surface area contributed by atoms with Crippen LogP contribution < -0.4 is 0 Å². The third kappa shape index (κ3) is 2.56. The first kappa shape index (κ1) is 23.4. The lowest BCUT2D eigenvalue weighted by Gasteiger charge is -2.68. The molecule has 2 spiro atoms. The number of esters is 2. The van der Waals surface area contributed by atoms with Crippen molar-refractivity contribution in [1.29, 1.82) is 0 Å². The van der Waals surface area contributed by atoms with Gasteiger partial charge in [0.25, 0.3) is 0 Å². The molecule has 1 aliphatic heterocycles. The minimum Gasteiger partial charge on any atom is -0.459 e. The Morgan fingerprint density at radius 1 is 1.23 bits per heavy atom. The van der Waals surface area contributed by atoms with Crippen molar-refractivity contribution < 1.29 is 28.7 Å². The molecule has 35 heavy (non-hydrogen) atoms. The van der Waals surface area contributed by atoms with Crippen LogP contribution in [0.2, 0.25) is 0 Å². The molecule has 0 N–H and O–H groups in total. The van der Waals surface area contributed by atoms with Gasteiger partial charge in [0.1, 0.15) is 23.8 Å². The Morgan fingerprint density at radius 2 is 1.94 bits per heavy atom. The minimum absolute atomic E-state index is 0.0631. The summed E-state index contributed by atoms with van der Waals surface area (Å²) in [6, 6.07) is -0.0631. The second-order valence-electron chi connectivity index (χ2n) is 12.9. The Bertz CT molecular complexity index is 1070. The van der Waals surface area contributed by atoms with Crippen LogP contribution in [0.25, 0.3) is 0 Å². The smallest absolute Gasteiger partial charge is 0.309 e. The minimum atomic E-state index is -0.706. The Labute approximate surface area is 207 Å². The average molecular weight is 484 g/mol. The first-order chi connectivity index (χ1) is 16.4. The molecule has 6 saturated carbocycles. The normalized spacial score (nSPS) is 50.2. The molecule has 7 aliphatic rings. The summed E-state index contributed by atoms with van der Waals surface area (Å²) in [6.45, 7) is 12.0. The van der Waals surface area contributed by atoms with E-state index in [1.54, 1.807) is 0 Å². The van der Waals surface area contributed by atoms with Gasteiger partial charge >= 0.3 is 11.9 Å². The Morgan fingerprint density at radius 3 is 2.60 bits per heavy atom. The molecular formula is C28H37NO6. The van der Waals surface area contributed by atoms with Gasteiger partial charge in [-0.2, -0.15) is 0 Å². The largest absolute Gasteiger partial charge is 0.459 e. The SMILES string of the molecule is C=C1C[C@]23CC(=O)[C@H]4[C@@]5(C)CN(C)[C@H]6[C@H]2C(=O)[C@H]1C[C@H]3[C@]64C[C@H](OC(C)=O)[C@H]5OC(=O)[C@H](C)CC. The molecule has 7 rings (SSSR count). The van der Waals surface area contributed by atoms with Crippen LogP contribution in [0.5, 0.6) is 0 Å². The van der Waals surface area contributed by atoms with E-state index in [0.29, 0.717) is 25.8 Å². The Balaban J connectivity index is 1.53. The molecule has 0 amide bonds. The maximum absolute atomic E-state index is 14.2. The lowest BCUT2D eigenvalue weighted by molar-refractivity contribution is -0.253. The molecule has 0 aromatic heterocycles. The Hall–Kier alpha value is -2.02. The maximum Gasteiger partial charge on any atom is 0.309 e. The lowest BCUT2D eigenvalue weighted by Crippen LogP contribution is -2.75. The van der Waals surface area contributed by atoms with Crippen molar-refractivity contribution in [3.05, 3.63) is 12.2 Å². The van der Waals surface area contributed by atoms with Crippen LogP contribution in [0.4, 0.5) is 0 Å². The quantitative estimate of drug-likeness (QED) is 0.449. The van der Waals surface area contributed by atoms with E-state index in [-0.39, 0.29) is 58.6 Å². The molecule has 1 saturated heterocycles. The van der Waals surface area contributed by atoms with Crippen molar-refractivity contribution in [2.45, 2.75) is 78.0 Å². The summed E-state index contributed by atoms with van der Waals surface area (Å²) in [5.41, 5.74) is -0.558. The first-order valence-corrected chi connectivity index (χ1v) is 13.2. The van der Waals surface area contributed by atoms with Crippen LogP contribution in [-0.2, 0) is 28.7 Å². The third-order valence-corrected chi connectivity index (χ3v) is 11.2. The van der Waals surface area contributed by atoms with Gasteiger partial charge in [0.2, 0.25) is 0 Å². The number of hydrogen-bond donors (Lipinski definition) is 0. The number of ketones is 2. The summed E-state index contributed by atoms with van der Waals surface area (Å²) in [5.74, 6) is -0.985. The van der Waals surface area contributed by atoms with Crippen LogP contribution in [-0.4, -0.2) is 60.2 Å². The summed E-state index contributed by atoms with van der Waals surface area (Å²) >= 11 is 0. The molecule has 7 heteroatoms. The number of likely N-dealkylation sites (tertiary alicyclic amines) is 1. The van der Waals surface area contributed by atoms with E-state index in [0.717, 1.165) is 18.4 Å². The number of rotatable bonds is 4. The monoisotopic (exact) mass is 483 g/mol. The molecule has 6 bridgehead atoms. The van der Waals surface area contributed by atoms with Crippen molar-refractivity contribution in [1.82, 2.24) is 4.90 Å². The predicted octanol–water partition coefficient (Wildman–Crippen LogP) is 2.96. The summed E-state index contributed by atoms with van der Waals surface area (Å²) in [4.78, 5) is 55.5.